The molecule has 4 atom stereocenters. The molecule has 2 rings (SSSR count). The molecule has 0 bridgehead atoms. The summed E-state index contributed by atoms with van der Waals surface area (Å²) >= 11 is 0. The normalized spacial score (nSPS) is 27.6. The van der Waals surface area contributed by atoms with Gasteiger partial charge in [-0.3, -0.25) is 9.69 Å². The fraction of sp³-hybridized carbons (Fsp3) is 0.588. The summed E-state index contributed by atoms with van der Waals surface area (Å²) in [6.07, 6.45) is -5.56. The van der Waals surface area contributed by atoms with Crippen molar-refractivity contribution in [3.05, 3.63) is 35.9 Å². The Balaban J connectivity index is 2.05. The van der Waals surface area contributed by atoms with E-state index in [-0.39, 0.29) is 13.0 Å². The van der Waals surface area contributed by atoms with Gasteiger partial charge in [-0.25, -0.2) is 13.2 Å². The summed E-state index contributed by atoms with van der Waals surface area (Å²) in [4.78, 5) is 12.8. The minimum absolute atomic E-state index is 0.197. The Morgan fingerprint density at radius 3 is 2.58 bits per heavy atom. The van der Waals surface area contributed by atoms with Crippen molar-refractivity contribution >= 4 is 5.91 Å². The summed E-state index contributed by atoms with van der Waals surface area (Å²) in [7, 11) is 1.41. The van der Waals surface area contributed by atoms with Gasteiger partial charge < -0.3 is 10.4 Å². The smallest absolute Gasteiger partial charge is 0.256 e. The molecule has 1 aliphatic heterocycles. The zero-order valence-electron chi connectivity index (χ0n) is 13.5. The Kier molecular flexibility index (Phi) is 6.62. The average molecular weight is 344 g/mol. The molecule has 1 aromatic rings. The lowest BCUT2D eigenvalue weighted by Gasteiger charge is -2.29. The SMILES string of the molecule is CNC(=O)CC1[C@H](F)[C@H](O)[C@@H](C(F)F)N1CCCc1ccccc1. The summed E-state index contributed by atoms with van der Waals surface area (Å²) < 4.78 is 40.9. The van der Waals surface area contributed by atoms with Crippen LogP contribution in [-0.4, -0.2) is 60.3 Å². The van der Waals surface area contributed by atoms with Gasteiger partial charge >= 0.3 is 0 Å². The Morgan fingerprint density at radius 1 is 1.33 bits per heavy atom. The minimum atomic E-state index is -2.87. The molecule has 134 valence electrons. The molecule has 24 heavy (non-hydrogen) atoms. The number of nitrogens with zero attached hydrogens (tertiary/aromatic N) is 1. The summed E-state index contributed by atoms with van der Waals surface area (Å²) in [5.41, 5.74) is 1.06. The van der Waals surface area contributed by atoms with Gasteiger partial charge in [0, 0.05) is 13.5 Å². The molecule has 0 spiro atoms. The third kappa shape index (κ3) is 4.27. The highest BCUT2D eigenvalue weighted by Gasteiger charge is 2.52. The third-order valence-electron chi connectivity index (χ3n) is 4.51. The lowest BCUT2D eigenvalue weighted by molar-refractivity contribution is -0.122. The minimum Gasteiger partial charge on any atom is -0.388 e. The number of hydrogen-bond donors (Lipinski definition) is 2. The summed E-state index contributed by atoms with van der Waals surface area (Å²) in [6, 6.07) is 6.93. The number of likely N-dealkylation sites (tertiary alicyclic amines) is 1. The quantitative estimate of drug-likeness (QED) is 0.793. The highest BCUT2D eigenvalue weighted by Crippen LogP contribution is 2.33. The number of halogens is 3. The van der Waals surface area contributed by atoms with E-state index in [0.717, 1.165) is 5.56 Å². The van der Waals surface area contributed by atoms with E-state index < -0.39 is 36.7 Å². The van der Waals surface area contributed by atoms with E-state index in [2.05, 4.69) is 5.32 Å². The van der Waals surface area contributed by atoms with Crippen LogP contribution in [0.1, 0.15) is 18.4 Å². The van der Waals surface area contributed by atoms with Gasteiger partial charge in [-0.2, -0.15) is 0 Å². The molecule has 7 heteroatoms. The van der Waals surface area contributed by atoms with E-state index in [1.54, 1.807) is 0 Å². The first-order valence-electron chi connectivity index (χ1n) is 8.06. The van der Waals surface area contributed by atoms with E-state index in [1.165, 1.54) is 11.9 Å². The van der Waals surface area contributed by atoms with Crippen molar-refractivity contribution in [2.75, 3.05) is 13.6 Å². The van der Waals surface area contributed by atoms with Crippen molar-refractivity contribution < 1.29 is 23.1 Å². The fourth-order valence-electron chi connectivity index (χ4n) is 3.26. The van der Waals surface area contributed by atoms with Crippen LogP contribution in [-0.2, 0) is 11.2 Å². The molecule has 1 aromatic carbocycles. The largest absolute Gasteiger partial charge is 0.388 e. The molecule has 0 saturated carbocycles. The topological polar surface area (TPSA) is 52.6 Å². The lowest BCUT2D eigenvalue weighted by Crippen LogP contribution is -2.45. The number of alkyl halides is 3. The predicted octanol–water partition coefficient (Wildman–Crippen LogP) is 1.77. The second kappa shape index (κ2) is 8.48. The summed E-state index contributed by atoms with van der Waals surface area (Å²) in [6.45, 7) is 0.197. The number of carbonyl (C=O) groups excluding carboxylic acids is 1. The maximum Gasteiger partial charge on any atom is 0.256 e. The van der Waals surface area contributed by atoms with Gasteiger partial charge in [0.05, 0.1) is 6.04 Å². The highest BCUT2D eigenvalue weighted by atomic mass is 19.3. The van der Waals surface area contributed by atoms with Gasteiger partial charge in [-0.05, 0) is 24.9 Å². The van der Waals surface area contributed by atoms with Crippen molar-refractivity contribution in [2.24, 2.45) is 0 Å². The number of benzene rings is 1. The van der Waals surface area contributed by atoms with Gasteiger partial charge in [0.25, 0.3) is 6.43 Å². The first kappa shape index (κ1) is 18.7. The maximum absolute atomic E-state index is 14.3. The van der Waals surface area contributed by atoms with Crippen LogP contribution >= 0.6 is 0 Å². The number of rotatable bonds is 7. The second-order valence-electron chi connectivity index (χ2n) is 6.03. The molecule has 0 aromatic heterocycles. The summed E-state index contributed by atoms with van der Waals surface area (Å²) in [5.74, 6) is -0.433. The fourth-order valence-corrected chi connectivity index (χ4v) is 3.26. The van der Waals surface area contributed by atoms with Crippen LogP contribution in [0.4, 0.5) is 13.2 Å². The predicted molar refractivity (Wildman–Crippen MR) is 84.6 cm³/mol. The number of carbonyl (C=O) groups is 1. The van der Waals surface area contributed by atoms with E-state index in [0.29, 0.717) is 12.8 Å². The molecule has 1 fully saturated rings. The van der Waals surface area contributed by atoms with Crippen LogP contribution in [0.2, 0.25) is 0 Å². The first-order chi connectivity index (χ1) is 11.5. The van der Waals surface area contributed by atoms with Crippen molar-refractivity contribution in [1.82, 2.24) is 10.2 Å². The van der Waals surface area contributed by atoms with Crippen LogP contribution < -0.4 is 5.32 Å². The van der Waals surface area contributed by atoms with E-state index in [4.69, 9.17) is 0 Å². The summed E-state index contributed by atoms with van der Waals surface area (Å²) in [5, 5.41) is 12.2. The number of nitrogens with one attached hydrogen (secondary N) is 1. The molecule has 1 amide bonds. The number of aryl methyl sites for hydroxylation is 1. The molecule has 2 N–H and O–H groups in total. The zero-order valence-corrected chi connectivity index (χ0v) is 13.5. The van der Waals surface area contributed by atoms with Crippen LogP contribution in [0.15, 0.2) is 30.3 Å². The number of aliphatic hydroxyl groups excluding tert-OH is 1. The Bertz CT molecular complexity index is 530. The van der Waals surface area contributed by atoms with Crippen molar-refractivity contribution in [2.45, 2.75) is 50.0 Å². The van der Waals surface area contributed by atoms with Crippen molar-refractivity contribution in [1.29, 1.82) is 0 Å². The van der Waals surface area contributed by atoms with Gasteiger partial charge in [0.2, 0.25) is 5.91 Å². The number of hydrogen-bond acceptors (Lipinski definition) is 3. The van der Waals surface area contributed by atoms with Crippen molar-refractivity contribution in [3.63, 3.8) is 0 Å². The van der Waals surface area contributed by atoms with Crippen LogP contribution in [0.3, 0.4) is 0 Å². The van der Waals surface area contributed by atoms with Crippen LogP contribution in [0.5, 0.6) is 0 Å². The molecular weight excluding hydrogens is 321 g/mol. The van der Waals surface area contributed by atoms with E-state index in [9.17, 15) is 23.1 Å². The van der Waals surface area contributed by atoms with Gasteiger partial charge in [0.1, 0.15) is 18.3 Å². The number of amides is 1. The molecule has 4 nitrogen and oxygen atoms in total. The Hall–Kier alpha value is -1.60. The van der Waals surface area contributed by atoms with Crippen molar-refractivity contribution in [3.8, 4) is 0 Å². The molecule has 1 heterocycles. The molecule has 1 unspecified atom stereocenters. The molecule has 1 saturated heterocycles. The Morgan fingerprint density at radius 2 is 2.00 bits per heavy atom. The van der Waals surface area contributed by atoms with Gasteiger partial charge in [-0.15, -0.1) is 0 Å². The van der Waals surface area contributed by atoms with Gasteiger partial charge in [0.15, 0.2) is 0 Å². The second-order valence-corrected chi connectivity index (χ2v) is 6.03. The van der Waals surface area contributed by atoms with Crippen LogP contribution in [0, 0.1) is 0 Å². The highest BCUT2D eigenvalue weighted by molar-refractivity contribution is 5.76. The molecule has 0 radical (unpaired) electrons. The number of aliphatic hydroxyl groups is 1. The monoisotopic (exact) mass is 344 g/mol. The first-order valence-corrected chi connectivity index (χ1v) is 8.06. The van der Waals surface area contributed by atoms with Gasteiger partial charge in [-0.1, -0.05) is 30.3 Å². The molecule has 0 aliphatic carbocycles. The standard InChI is InChI=1S/C17H23F3N2O2/c1-21-13(23)10-12-14(18)16(24)15(17(19)20)22(12)9-5-8-11-6-3-2-4-7-11/h2-4,6-7,12,14-17,24H,5,8-10H2,1H3,(H,21,23)/t12?,14-,15-,16-/m0/s1. The maximum atomic E-state index is 14.3. The van der Waals surface area contributed by atoms with E-state index >= 15 is 0 Å². The molecule has 1 aliphatic rings. The average Bonchev–Trinajstić information content (AvgIpc) is 2.80. The lowest BCUT2D eigenvalue weighted by atomic mass is 10.1. The van der Waals surface area contributed by atoms with E-state index in [1.807, 2.05) is 30.3 Å². The van der Waals surface area contributed by atoms with Crippen LogP contribution in [0.25, 0.3) is 0 Å². The Labute approximate surface area is 139 Å². The zero-order chi connectivity index (χ0) is 17.7. The molecular formula is C17H23F3N2O2. The third-order valence-corrected chi connectivity index (χ3v) is 4.51.